The van der Waals surface area contributed by atoms with E-state index >= 15 is 0 Å². The summed E-state index contributed by atoms with van der Waals surface area (Å²) in [4.78, 5) is 30.3. The van der Waals surface area contributed by atoms with Crippen LogP contribution in [-0.2, 0) is 6.42 Å². The van der Waals surface area contributed by atoms with Gasteiger partial charge in [-0.3, -0.25) is 14.9 Å². The van der Waals surface area contributed by atoms with Crippen molar-refractivity contribution >= 4 is 33.6 Å². The molecule has 0 fully saturated rings. The fraction of sp³-hybridized carbons (Fsp3) is 0.429. The van der Waals surface area contributed by atoms with Gasteiger partial charge >= 0.3 is 5.00 Å². The Morgan fingerprint density at radius 1 is 1.55 bits per heavy atom. The van der Waals surface area contributed by atoms with Gasteiger partial charge in [0.25, 0.3) is 5.91 Å². The SMILES string of the molecule is Cc1nc2c(s1)[C@@H](N(C)C(=O)c1csc([N+](=O)[O-])c1)CCC2. The second kappa shape index (κ2) is 5.77. The monoisotopic (exact) mass is 337 g/mol. The Morgan fingerprint density at radius 2 is 2.32 bits per heavy atom. The Bertz CT molecular complexity index is 738. The molecule has 22 heavy (non-hydrogen) atoms. The van der Waals surface area contributed by atoms with Crippen molar-refractivity contribution in [3.8, 4) is 0 Å². The number of carbonyl (C=O) groups is 1. The van der Waals surface area contributed by atoms with E-state index in [2.05, 4.69) is 4.98 Å². The van der Waals surface area contributed by atoms with Crippen molar-refractivity contribution in [1.29, 1.82) is 0 Å². The summed E-state index contributed by atoms with van der Waals surface area (Å²) in [6.45, 7) is 1.98. The van der Waals surface area contributed by atoms with Gasteiger partial charge in [-0.05, 0) is 26.2 Å². The molecule has 0 bridgehead atoms. The molecule has 0 unspecified atom stereocenters. The van der Waals surface area contributed by atoms with Crippen LogP contribution in [0.2, 0.25) is 0 Å². The molecule has 0 radical (unpaired) electrons. The van der Waals surface area contributed by atoms with E-state index < -0.39 is 4.92 Å². The van der Waals surface area contributed by atoms with Crippen LogP contribution < -0.4 is 0 Å². The van der Waals surface area contributed by atoms with Crippen LogP contribution in [0, 0.1) is 17.0 Å². The maximum absolute atomic E-state index is 12.6. The lowest BCUT2D eigenvalue weighted by Gasteiger charge is -2.30. The van der Waals surface area contributed by atoms with Gasteiger partial charge in [0.2, 0.25) is 0 Å². The van der Waals surface area contributed by atoms with Crippen LogP contribution >= 0.6 is 22.7 Å². The molecule has 6 nitrogen and oxygen atoms in total. The van der Waals surface area contributed by atoms with E-state index in [1.807, 2.05) is 6.92 Å². The first kappa shape index (κ1) is 15.1. The maximum atomic E-state index is 12.6. The summed E-state index contributed by atoms with van der Waals surface area (Å²) in [5.41, 5.74) is 1.47. The third-order valence-corrected chi connectivity index (χ3v) is 5.82. The zero-order valence-electron chi connectivity index (χ0n) is 12.2. The Kier molecular flexibility index (Phi) is 3.96. The number of aromatic nitrogens is 1. The number of nitrogens with zero attached hydrogens (tertiary/aromatic N) is 3. The Labute approximate surface area is 135 Å². The molecule has 0 aliphatic heterocycles. The molecule has 0 N–H and O–H groups in total. The molecule has 1 amide bonds. The lowest BCUT2D eigenvalue weighted by molar-refractivity contribution is -0.380. The number of fused-ring (bicyclic) bond motifs is 1. The highest BCUT2D eigenvalue weighted by Gasteiger charge is 2.30. The summed E-state index contributed by atoms with van der Waals surface area (Å²) in [6, 6.07) is 1.37. The molecular weight excluding hydrogens is 322 g/mol. The zero-order valence-corrected chi connectivity index (χ0v) is 13.9. The summed E-state index contributed by atoms with van der Waals surface area (Å²) in [5, 5.41) is 13.3. The Balaban J connectivity index is 1.85. The van der Waals surface area contributed by atoms with E-state index in [-0.39, 0.29) is 17.0 Å². The van der Waals surface area contributed by atoms with Gasteiger partial charge in [-0.2, -0.15) is 0 Å². The van der Waals surface area contributed by atoms with Crippen LogP contribution in [0.4, 0.5) is 5.00 Å². The van der Waals surface area contributed by atoms with Crippen molar-refractivity contribution in [2.45, 2.75) is 32.2 Å². The number of thiophene rings is 1. The Hall–Kier alpha value is -1.80. The molecule has 8 heteroatoms. The van der Waals surface area contributed by atoms with E-state index in [0.717, 1.165) is 46.2 Å². The van der Waals surface area contributed by atoms with Crippen LogP contribution in [0.25, 0.3) is 0 Å². The molecule has 3 rings (SSSR count). The fourth-order valence-electron chi connectivity index (χ4n) is 2.77. The van der Waals surface area contributed by atoms with Gasteiger partial charge in [0.1, 0.15) is 0 Å². The lowest BCUT2D eigenvalue weighted by atomic mass is 9.96. The Morgan fingerprint density at radius 3 is 3.00 bits per heavy atom. The molecule has 2 aromatic heterocycles. The number of nitro groups is 1. The molecule has 2 aromatic rings. The molecular formula is C14H15N3O3S2. The first-order valence-corrected chi connectivity index (χ1v) is 8.63. The minimum absolute atomic E-state index is 0.00489. The van der Waals surface area contributed by atoms with Crippen molar-refractivity contribution in [3.63, 3.8) is 0 Å². The summed E-state index contributed by atoms with van der Waals surface area (Å²) in [7, 11) is 1.76. The average molecular weight is 337 g/mol. The largest absolute Gasteiger partial charge is 0.334 e. The molecule has 1 atom stereocenters. The normalized spacial score (nSPS) is 17.1. The van der Waals surface area contributed by atoms with Crippen LogP contribution in [0.3, 0.4) is 0 Å². The van der Waals surface area contributed by atoms with E-state index in [0.29, 0.717) is 5.56 Å². The summed E-state index contributed by atoms with van der Waals surface area (Å²) < 4.78 is 0. The van der Waals surface area contributed by atoms with Crippen molar-refractivity contribution < 1.29 is 9.72 Å². The third kappa shape index (κ3) is 2.64. The smallest absolute Gasteiger partial charge is 0.324 e. The topological polar surface area (TPSA) is 76.3 Å². The third-order valence-electron chi connectivity index (χ3n) is 3.83. The molecule has 0 aromatic carbocycles. The van der Waals surface area contributed by atoms with E-state index in [9.17, 15) is 14.9 Å². The summed E-state index contributed by atoms with van der Waals surface area (Å²) in [5.74, 6) is -0.173. The van der Waals surface area contributed by atoms with E-state index in [1.54, 1.807) is 28.7 Å². The molecule has 1 aliphatic rings. The standard InChI is InChI=1S/C14H15N3O3S2/c1-8-15-10-4-3-5-11(13(10)22-8)16(2)14(18)9-6-12(17(19)20)21-7-9/h6-7,11H,3-5H2,1-2H3/t11-/m0/s1. The molecule has 1 aliphatic carbocycles. The molecule has 116 valence electrons. The highest BCUT2D eigenvalue weighted by molar-refractivity contribution is 7.13. The molecule has 0 saturated heterocycles. The van der Waals surface area contributed by atoms with Gasteiger partial charge in [-0.15, -0.1) is 11.3 Å². The minimum atomic E-state index is -0.466. The van der Waals surface area contributed by atoms with Crippen molar-refractivity contribution in [3.05, 3.63) is 42.7 Å². The van der Waals surface area contributed by atoms with Gasteiger partial charge < -0.3 is 4.90 Å². The number of amides is 1. The predicted molar refractivity (Wildman–Crippen MR) is 85.6 cm³/mol. The highest BCUT2D eigenvalue weighted by Crippen LogP contribution is 2.38. The van der Waals surface area contributed by atoms with Crippen molar-refractivity contribution in [2.24, 2.45) is 0 Å². The number of thiazole rings is 1. The second-order valence-corrected chi connectivity index (χ2v) is 7.42. The van der Waals surface area contributed by atoms with Gasteiger partial charge in [0.15, 0.2) is 0 Å². The van der Waals surface area contributed by atoms with Crippen molar-refractivity contribution in [1.82, 2.24) is 9.88 Å². The molecule has 0 saturated carbocycles. The molecule has 0 spiro atoms. The average Bonchev–Trinajstić information content (AvgIpc) is 3.10. The zero-order chi connectivity index (χ0) is 15.9. The van der Waals surface area contributed by atoms with Crippen LogP contribution in [0.5, 0.6) is 0 Å². The number of hydrogen-bond donors (Lipinski definition) is 0. The van der Waals surface area contributed by atoms with Crippen LogP contribution in [-0.4, -0.2) is 27.8 Å². The number of rotatable bonds is 3. The maximum Gasteiger partial charge on any atom is 0.324 e. The quantitative estimate of drug-likeness (QED) is 0.634. The van der Waals surface area contributed by atoms with E-state index in [4.69, 9.17) is 0 Å². The predicted octanol–water partition coefficient (Wildman–Crippen LogP) is 3.57. The van der Waals surface area contributed by atoms with Crippen LogP contribution in [0.15, 0.2) is 11.4 Å². The van der Waals surface area contributed by atoms with E-state index in [1.165, 1.54) is 6.07 Å². The molecule has 2 heterocycles. The van der Waals surface area contributed by atoms with Gasteiger partial charge in [0.05, 0.1) is 32.1 Å². The lowest BCUT2D eigenvalue weighted by Crippen LogP contribution is -2.32. The van der Waals surface area contributed by atoms with Gasteiger partial charge in [-0.1, -0.05) is 11.3 Å². The summed E-state index contributed by atoms with van der Waals surface area (Å²) in [6.07, 6.45) is 2.87. The number of hydrogen-bond acceptors (Lipinski definition) is 6. The fourth-order valence-corrected chi connectivity index (χ4v) is 4.62. The van der Waals surface area contributed by atoms with Crippen LogP contribution in [0.1, 0.15) is 44.8 Å². The van der Waals surface area contributed by atoms with Crippen molar-refractivity contribution in [2.75, 3.05) is 7.05 Å². The number of aryl methyl sites for hydroxylation is 2. The summed E-state index contributed by atoms with van der Waals surface area (Å²) >= 11 is 2.62. The van der Waals surface area contributed by atoms with Gasteiger partial charge in [-0.25, -0.2) is 4.98 Å². The minimum Gasteiger partial charge on any atom is -0.334 e. The second-order valence-electron chi connectivity index (χ2n) is 5.30. The highest BCUT2D eigenvalue weighted by atomic mass is 32.1. The van der Waals surface area contributed by atoms with Gasteiger partial charge in [0, 0.05) is 18.5 Å². The first-order chi connectivity index (χ1) is 10.5. The number of carbonyl (C=O) groups excluding carboxylic acids is 1. The first-order valence-electron chi connectivity index (χ1n) is 6.93.